The van der Waals surface area contributed by atoms with Crippen LogP contribution in [0.15, 0.2) is 150 Å². The second kappa shape index (κ2) is 19.2. The Bertz CT molecular complexity index is 3710. The third kappa shape index (κ3) is 9.18. The van der Waals surface area contributed by atoms with Crippen molar-refractivity contribution >= 4 is 72.3 Å². The van der Waals surface area contributed by atoms with E-state index in [4.69, 9.17) is 19.4 Å². The van der Waals surface area contributed by atoms with Crippen LogP contribution in [0.5, 0.6) is 0 Å². The van der Waals surface area contributed by atoms with Crippen molar-refractivity contribution in [2.24, 2.45) is 5.92 Å². The predicted molar refractivity (Wildman–Crippen MR) is 294 cm³/mol. The van der Waals surface area contributed by atoms with Gasteiger partial charge in [0.05, 0.1) is 28.1 Å². The fraction of sp³-hybridized carbons (Fsp3) is 0.222. The molecule has 0 N–H and O–H groups in total. The SMILES string of the molecule is CC(C)Cc1cc(-c2[c-]ccc3ccccc23)nc[c]1[Ge]([CH3])([CH3])[CH3].Cc1cccc(C)c1-c1ccc2c(n1)oc1c(-c3nc4ccc5ccccc5c4n3-c3ccc(C(C)(C)C)cc3)[c-]cc(C)c12.[Ir]. The van der Waals surface area contributed by atoms with Crippen LogP contribution in [0.1, 0.15) is 62.4 Å². The minimum absolute atomic E-state index is 0. The number of furan rings is 1. The Morgan fingerprint density at radius 1 is 0.671 bits per heavy atom. The van der Waals surface area contributed by atoms with Gasteiger partial charge in [0, 0.05) is 42.1 Å². The summed E-state index contributed by atoms with van der Waals surface area (Å²) in [6.07, 6.45) is 3.28. The first kappa shape index (κ1) is 48.8. The molecule has 7 heteroatoms. The van der Waals surface area contributed by atoms with Crippen molar-refractivity contribution in [2.75, 3.05) is 0 Å². The number of pyridine rings is 2. The molecule has 4 aromatic heterocycles. The molecule has 1 radical (unpaired) electrons. The van der Waals surface area contributed by atoms with E-state index in [9.17, 15) is 0 Å². The van der Waals surface area contributed by atoms with Gasteiger partial charge in [0.15, 0.2) is 0 Å². The van der Waals surface area contributed by atoms with Crippen molar-refractivity contribution in [1.29, 1.82) is 0 Å². The topological polar surface area (TPSA) is 56.7 Å². The number of aromatic nitrogens is 4. The van der Waals surface area contributed by atoms with Gasteiger partial charge in [-0.15, -0.1) is 17.7 Å². The maximum Gasteiger partial charge on any atom is 0.216 e. The second-order valence-electron chi connectivity index (χ2n) is 21.2. The predicted octanol–water partition coefficient (Wildman–Crippen LogP) is 16.3. The summed E-state index contributed by atoms with van der Waals surface area (Å²) < 4.78 is 10.5. The Morgan fingerprint density at radius 3 is 2.04 bits per heavy atom. The van der Waals surface area contributed by atoms with E-state index in [1.807, 2.05) is 6.07 Å². The van der Waals surface area contributed by atoms with E-state index >= 15 is 0 Å². The second-order valence-corrected chi connectivity index (χ2v) is 31.8. The quantitative estimate of drug-likeness (QED) is 0.118. The molecule has 4 heterocycles. The molecule has 0 bridgehead atoms. The number of rotatable bonds is 7. The summed E-state index contributed by atoms with van der Waals surface area (Å²) in [5.74, 6) is 8.80. The number of hydrogen-bond donors (Lipinski definition) is 0. The first-order valence-corrected chi connectivity index (χ1v) is 31.6. The number of aryl methyl sites for hydroxylation is 3. The van der Waals surface area contributed by atoms with Crippen LogP contribution in [-0.2, 0) is 31.9 Å². The Labute approximate surface area is 429 Å². The summed E-state index contributed by atoms with van der Waals surface area (Å²) in [6, 6.07) is 56.2. The molecular formula is C63H60GeIrN4O-2. The van der Waals surface area contributed by atoms with Crippen LogP contribution in [-0.4, -0.2) is 32.8 Å². The fourth-order valence-electron chi connectivity index (χ4n) is 10.0. The summed E-state index contributed by atoms with van der Waals surface area (Å²) in [6.45, 7) is 17.7. The number of fused-ring (bicyclic) bond motifs is 7. The van der Waals surface area contributed by atoms with E-state index in [2.05, 4.69) is 229 Å². The molecular weight excluding hydrogens is 1090 g/mol. The van der Waals surface area contributed by atoms with Crippen molar-refractivity contribution in [3.8, 4) is 39.6 Å². The Kier molecular flexibility index (Phi) is 13.4. The van der Waals surface area contributed by atoms with Gasteiger partial charge >= 0.3 is 148 Å². The molecule has 0 fully saturated rings. The zero-order valence-electron chi connectivity index (χ0n) is 42.2. The summed E-state index contributed by atoms with van der Waals surface area (Å²) in [4.78, 5) is 15.2. The van der Waals surface area contributed by atoms with Crippen LogP contribution in [0.25, 0.3) is 94.2 Å². The van der Waals surface area contributed by atoms with E-state index < -0.39 is 13.3 Å². The maximum atomic E-state index is 6.70. The molecule has 11 rings (SSSR count). The molecule has 0 saturated heterocycles. The van der Waals surface area contributed by atoms with Crippen LogP contribution in [0.2, 0.25) is 17.3 Å². The zero-order valence-corrected chi connectivity index (χ0v) is 46.7. The fourth-order valence-corrected chi connectivity index (χ4v) is 13.4. The van der Waals surface area contributed by atoms with E-state index in [1.165, 1.54) is 42.8 Å². The summed E-state index contributed by atoms with van der Waals surface area (Å²) in [5.41, 5.74) is 15.8. The minimum Gasteiger partial charge on any atom is -0.486 e. The first-order valence-electron chi connectivity index (χ1n) is 24.3. The molecule has 0 atom stereocenters. The molecule has 353 valence electrons. The van der Waals surface area contributed by atoms with Gasteiger partial charge in [-0.3, -0.25) is 4.98 Å². The Morgan fingerprint density at radius 2 is 1.36 bits per heavy atom. The Balaban J connectivity index is 0.000000206. The van der Waals surface area contributed by atoms with Crippen molar-refractivity contribution in [1.82, 2.24) is 19.5 Å². The molecule has 0 spiro atoms. The number of benzene rings is 7. The van der Waals surface area contributed by atoms with Crippen molar-refractivity contribution in [2.45, 2.75) is 84.5 Å². The smallest absolute Gasteiger partial charge is 0.216 e. The van der Waals surface area contributed by atoms with E-state index in [0.29, 0.717) is 11.6 Å². The van der Waals surface area contributed by atoms with Crippen LogP contribution in [0, 0.1) is 38.8 Å². The van der Waals surface area contributed by atoms with Crippen molar-refractivity contribution < 1.29 is 24.5 Å². The number of nitrogens with zero attached hydrogens (tertiary/aromatic N) is 4. The average Bonchev–Trinajstić information content (AvgIpc) is 3.91. The van der Waals surface area contributed by atoms with Crippen LogP contribution < -0.4 is 4.40 Å². The van der Waals surface area contributed by atoms with Crippen molar-refractivity contribution in [3.63, 3.8) is 0 Å². The van der Waals surface area contributed by atoms with Gasteiger partial charge in [-0.25, -0.2) is 4.98 Å². The van der Waals surface area contributed by atoms with Gasteiger partial charge in [0.25, 0.3) is 0 Å². The van der Waals surface area contributed by atoms with Gasteiger partial charge in [-0.1, -0.05) is 99.3 Å². The zero-order chi connectivity index (χ0) is 48.4. The van der Waals surface area contributed by atoms with Crippen LogP contribution in [0.3, 0.4) is 0 Å². The first-order chi connectivity index (χ1) is 33.0. The summed E-state index contributed by atoms with van der Waals surface area (Å²) in [5, 5.41) is 6.85. The normalized spacial score (nSPS) is 12.0. The van der Waals surface area contributed by atoms with Gasteiger partial charge in [-0.2, -0.15) is 0 Å². The number of imidazole rings is 1. The van der Waals surface area contributed by atoms with E-state index in [0.717, 1.165) is 84.3 Å². The maximum absolute atomic E-state index is 6.70. The molecule has 0 amide bonds. The minimum atomic E-state index is -1.92. The van der Waals surface area contributed by atoms with Gasteiger partial charge < -0.3 is 8.98 Å². The van der Waals surface area contributed by atoms with Crippen LogP contribution in [0.4, 0.5) is 0 Å². The molecule has 0 aliphatic heterocycles. The largest absolute Gasteiger partial charge is 0.486 e. The number of hydrogen-bond acceptors (Lipinski definition) is 4. The third-order valence-electron chi connectivity index (χ3n) is 13.5. The van der Waals surface area contributed by atoms with Gasteiger partial charge in [0.2, 0.25) is 5.71 Å². The molecule has 0 aliphatic carbocycles. The van der Waals surface area contributed by atoms with E-state index in [1.54, 1.807) is 0 Å². The monoisotopic (exact) mass is 1160 g/mol. The standard InChI is InChI=1S/C41H34N3O.C22H26GeN.Ir/c1-24-10-9-11-25(2)35(24)33-23-21-31-36-26(3)14-20-32(38(36)45-40(31)43-33)39-42-34-22-15-27-12-7-8-13-30(27)37(34)44(39)29-18-16-28(17-19-29)41(4,5)6;1-16(2)13-18-14-22(24-15-21(18)23(3,4)5)20-12-8-10-17-9-6-7-11-19(17)20;/h7-19,21-23H,1-6H3;6-11,14-16H,13H2,1-5H3;/q2*-1;. The molecule has 0 aliphatic rings. The molecule has 5 nitrogen and oxygen atoms in total. The molecule has 70 heavy (non-hydrogen) atoms. The molecule has 0 saturated carbocycles. The van der Waals surface area contributed by atoms with Crippen molar-refractivity contribution in [3.05, 3.63) is 186 Å². The van der Waals surface area contributed by atoms with Gasteiger partial charge in [-0.05, 0) is 71.7 Å². The molecule has 7 aromatic carbocycles. The molecule has 0 unspecified atom stereocenters. The molecule has 11 aromatic rings. The Hall–Kier alpha value is -6.18. The van der Waals surface area contributed by atoms with Crippen LogP contribution >= 0.6 is 0 Å². The third-order valence-corrected chi connectivity index (χ3v) is 17.8. The van der Waals surface area contributed by atoms with E-state index in [-0.39, 0.29) is 25.5 Å². The van der Waals surface area contributed by atoms with Gasteiger partial charge in [0.1, 0.15) is 0 Å². The summed E-state index contributed by atoms with van der Waals surface area (Å²) in [7, 11) is 0. The average molecular weight is 1150 g/mol. The summed E-state index contributed by atoms with van der Waals surface area (Å²) >= 11 is -1.92.